The monoisotopic (exact) mass is 542 g/mol. The summed E-state index contributed by atoms with van der Waals surface area (Å²) in [4.78, 5) is 25.1. The molecular weight excluding hydrogens is 520 g/mol. The van der Waals surface area contributed by atoms with E-state index >= 15 is 0 Å². The van der Waals surface area contributed by atoms with Crippen LogP contribution in [-0.4, -0.2) is 60.2 Å². The van der Waals surface area contributed by atoms with Crippen molar-refractivity contribution in [3.05, 3.63) is 107 Å². The lowest BCUT2D eigenvalue weighted by atomic mass is 10.0. The van der Waals surface area contributed by atoms with E-state index in [1.807, 2.05) is 30.3 Å². The first kappa shape index (κ1) is 25.7. The van der Waals surface area contributed by atoms with Gasteiger partial charge >= 0.3 is 5.97 Å². The molecule has 5 rings (SSSR count). The van der Waals surface area contributed by atoms with Gasteiger partial charge in [-0.3, -0.25) is 4.79 Å². The molecule has 0 spiro atoms. The number of carbonyl (C=O) groups excluding carboxylic acids is 2. The molecule has 0 aliphatic heterocycles. The zero-order valence-corrected chi connectivity index (χ0v) is 21.6. The van der Waals surface area contributed by atoms with Crippen LogP contribution in [0.5, 0.6) is 0 Å². The Balaban J connectivity index is 1.40. The number of rotatable bonds is 9. The molecule has 1 N–H and O–H groups in total. The maximum absolute atomic E-state index is 13.2. The van der Waals surface area contributed by atoms with Crippen LogP contribution in [0.15, 0.2) is 85.3 Å². The zero-order chi connectivity index (χ0) is 27.2. The Hall–Kier alpha value is -4.90. The minimum atomic E-state index is -0.511. The molecule has 0 aliphatic rings. The van der Waals surface area contributed by atoms with E-state index in [-0.39, 0.29) is 11.9 Å². The molecule has 0 radical (unpaired) electrons. The molecule has 2 aromatic heterocycles. The number of benzene rings is 3. The number of halogens is 1. The Morgan fingerprint density at radius 2 is 1.82 bits per heavy atom. The first-order chi connectivity index (χ1) is 19.0. The maximum atomic E-state index is 13.2. The number of esters is 1. The first-order valence-electron chi connectivity index (χ1n) is 12.0. The minimum Gasteiger partial charge on any atom is -0.465 e. The Labute approximate surface area is 228 Å². The zero-order valence-electron chi connectivity index (χ0n) is 20.8. The van der Waals surface area contributed by atoms with Crippen LogP contribution in [0.3, 0.4) is 0 Å². The van der Waals surface area contributed by atoms with Gasteiger partial charge in [0.25, 0.3) is 5.91 Å². The third kappa shape index (κ3) is 6.16. The highest BCUT2D eigenvalue weighted by Crippen LogP contribution is 2.27. The third-order valence-electron chi connectivity index (χ3n) is 5.98. The number of tetrazole rings is 1. The number of carbonyl (C=O) groups is 2. The molecule has 0 fully saturated rings. The molecule has 0 saturated carbocycles. The van der Waals surface area contributed by atoms with Crippen molar-refractivity contribution in [2.45, 2.75) is 19.0 Å². The molecule has 0 aliphatic carbocycles. The number of nitrogens with zero attached hydrogens (tertiary/aromatic N) is 7. The molecule has 1 atom stereocenters. The smallest absolute Gasteiger partial charge is 0.337 e. The molecule has 39 heavy (non-hydrogen) atoms. The van der Waals surface area contributed by atoms with Crippen LogP contribution in [-0.2, 0) is 17.7 Å². The van der Waals surface area contributed by atoms with Crippen molar-refractivity contribution in [2.24, 2.45) is 0 Å². The lowest BCUT2D eigenvalue weighted by molar-refractivity contribution is 0.0600. The molecule has 2 heterocycles. The van der Waals surface area contributed by atoms with Crippen molar-refractivity contribution in [1.82, 2.24) is 40.5 Å². The second-order valence-corrected chi connectivity index (χ2v) is 9.11. The van der Waals surface area contributed by atoms with E-state index in [1.165, 1.54) is 24.2 Å². The van der Waals surface area contributed by atoms with Crippen LogP contribution >= 0.6 is 11.6 Å². The summed E-state index contributed by atoms with van der Waals surface area (Å²) in [5, 5.41) is 23.6. The second kappa shape index (κ2) is 11.7. The van der Waals surface area contributed by atoms with Gasteiger partial charge in [0.05, 0.1) is 37.1 Å². The van der Waals surface area contributed by atoms with Gasteiger partial charge in [0.15, 0.2) is 0 Å². The fourth-order valence-electron chi connectivity index (χ4n) is 4.16. The van der Waals surface area contributed by atoms with E-state index in [2.05, 4.69) is 31.2 Å². The lowest BCUT2D eigenvalue weighted by Gasteiger charge is -2.19. The van der Waals surface area contributed by atoms with Crippen LogP contribution in [0.1, 0.15) is 26.3 Å². The Morgan fingerprint density at radius 3 is 2.59 bits per heavy atom. The van der Waals surface area contributed by atoms with E-state index in [0.717, 1.165) is 5.56 Å². The maximum Gasteiger partial charge on any atom is 0.337 e. The molecule has 12 heteroatoms. The number of methoxy groups -OCH3 is 1. The summed E-state index contributed by atoms with van der Waals surface area (Å²) >= 11 is 6.27. The van der Waals surface area contributed by atoms with Crippen LogP contribution in [0.2, 0.25) is 5.02 Å². The Kier molecular flexibility index (Phi) is 7.69. The summed E-state index contributed by atoms with van der Waals surface area (Å²) in [6.45, 7) is 0.338. The number of ether oxygens (including phenoxy) is 1. The molecule has 5 aromatic rings. The van der Waals surface area contributed by atoms with Gasteiger partial charge in [-0.05, 0) is 58.8 Å². The van der Waals surface area contributed by atoms with Crippen molar-refractivity contribution >= 4 is 23.5 Å². The Morgan fingerprint density at radius 1 is 1.00 bits per heavy atom. The first-order valence-corrected chi connectivity index (χ1v) is 12.3. The molecule has 3 aromatic carbocycles. The number of aromatic nitrogens is 7. The van der Waals surface area contributed by atoms with Gasteiger partial charge in [0.1, 0.15) is 12.0 Å². The average Bonchev–Trinajstić information content (AvgIpc) is 3.66. The highest BCUT2D eigenvalue weighted by molar-refractivity contribution is 6.31. The third-order valence-corrected chi connectivity index (χ3v) is 6.22. The van der Waals surface area contributed by atoms with Crippen molar-refractivity contribution in [3.63, 3.8) is 0 Å². The van der Waals surface area contributed by atoms with Crippen molar-refractivity contribution in [1.29, 1.82) is 0 Å². The summed E-state index contributed by atoms with van der Waals surface area (Å²) in [7, 11) is 1.30. The number of hydrogen-bond acceptors (Lipinski definition) is 8. The van der Waals surface area contributed by atoms with Gasteiger partial charge in [0, 0.05) is 16.1 Å². The van der Waals surface area contributed by atoms with Gasteiger partial charge in [-0.2, -0.15) is 4.68 Å². The summed E-state index contributed by atoms with van der Waals surface area (Å²) < 4.78 is 7.96. The van der Waals surface area contributed by atoms with Gasteiger partial charge in [0.2, 0.25) is 0 Å². The number of hydrogen-bond donors (Lipinski definition) is 1. The highest BCUT2D eigenvalue weighted by atomic mass is 35.5. The van der Waals surface area contributed by atoms with Crippen LogP contribution < -0.4 is 5.32 Å². The summed E-state index contributed by atoms with van der Waals surface area (Å²) in [6, 6.07) is 21.2. The van der Waals surface area contributed by atoms with Gasteiger partial charge in [-0.1, -0.05) is 53.2 Å². The van der Waals surface area contributed by atoms with Gasteiger partial charge in [-0.25, -0.2) is 9.48 Å². The molecule has 1 unspecified atom stereocenters. The average molecular weight is 543 g/mol. The lowest BCUT2D eigenvalue weighted by Crippen LogP contribution is -2.39. The van der Waals surface area contributed by atoms with E-state index in [9.17, 15) is 9.59 Å². The summed E-state index contributed by atoms with van der Waals surface area (Å²) in [6.07, 6.45) is 3.81. The number of nitrogens with one attached hydrogen (secondary N) is 1. The van der Waals surface area contributed by atoms with E-state index in [0.29, 0.717) is 46.1 Å². The Bertz CT molecular complexity index is 1590. The van der Waals surface area contributed by atoms with E-state index < -0.39 is 5.97 Å². The molecular formula is C27H23ClN8O3. The quantitative estimate of drug-likeness (QED) is 0.280. The fraction of sp³-hybridized carbons (Fsp3) is 0.148. The number of amides is 1. The minimum absolute atomic E-state index is 0.297. The van der Waals surface area contributed by atoms with E-state index in [4.69, 9.17) is 16.3 Å². The van der Waals surface area contributed by atoms with Crippen molar-refractivity contribution in [2.75, 3.05) is 7.11 Å². The fourth-order valence-corrected chi connectivity index (χ4v) is 4.33. The summed E-state index contributed by atoms with van der Waals surface area (Å²) in [5.74, 6) is -0.833. The standard InChI is InChI=1S/C27H23ClN8O3/c1-39-27(38)20-9-5-8-19(13-20)26(37)30-22(12-18-6-3-2-4-7-18)15-35-16-24(31-33-35)23-14-21(28)10-11-25(23)36-17-29-32-34-36/h2-11,13-14,16-17,22H,12,15H2,1H3,(H,30,37). The normalized spacial score (nSPS) is 11.6. The molecule has 11 nitrogen and oxygen atoms in total. The summed E-state index contributed by atoms with van der Waals surface area (Å²) in [5.41, 5.74) is 3.65. The SMILES string of the molecule is COC(=O)c1cccc(C(=O)NC(Cc2ccccc2)Cn2cc(-c3cc(Cl)ccc3-n3cnnn3)nn2)c1. The van der Waals surface area contributed by atoms with Crippen LogP contribution in [0.4, 0.5) is 0 Å². The molecule has 196 valence electrons. The predicted molar refractivity (Wildman–Crippen MR) is 142 cm³/mol. The highest BCUT2D eigenvalue weighted by Gasteiger charge is 2.19. The molecule has 0 bridgehead atoms. The molecule has 1 amide bonds. The van der Waals surface area contributed by atoms with Crippen molar-refractivity contribution in [3.8, 4) is 16.9 Å². The molecule has 0 saturated heterocycles. The van der Waals surface area contributed by atoms with Gasteiger partial charge in [-0.15, -0.1) is 10.2 Å². The van der Waals surface area contributed by atoms with Crippen LogP contribution in [0, 0.1) is 0 Å². The van der Waals surface area contributed by atoms with Crippen LogP contribution in [0.25, 0.3) is 16.9 Å². The predicted octanol–water partition coefficient (Wildman–Crippen LogP) is 3.40. The largest absolute Gasteiger partial charge is 0.465 e. The van der Waals surface area contributed by atoms with E-state index in [1.54, 1.807) is 47.3 Å². The van der Waals surface area contributed by atoms with Crippen molar-refractivity contribution < 1.29 is 14.3 Å². The topological polar surface area (TPSA) is 130 Å². The second-order valence-electron chi connectivity index (χ2n) is 8.67. The van der Waals surface area contributed by atoms with Gasteiger partial charge < -0.3 is 10.1 Å².